The molecular formula is C21H27NO3. The van der Waals surface area contributed by atoms with Crippen LogP contribution in [0.3, 0.4) is 0 Å². The molecule has 0 saturated carbocycles. The molecule has 0 spiro atoms. The monoisotopic (exact) mass is 341 g/mol. The predicted octanol–water partition coefficient (Wildman–Crippen LogP) is 5.03. The van der Waals surface area contributed by atoms with Crippen molar-refractivity contribution < 1.29 is 14.3 Å². The Morgan fingerprint density at radius 3 is 2.08 bits per heavy atom. The van der Waals surface area contributed by atoms with E-state index in [1.807, 2.05) is 50.2 Å². The van der Waals surface area contributed by atoms with E-state index in [-0.39, 0.29) is 11.3 Å². The molecule has 2 aromatic rings. The molecule has 4 heteroatoms. The van der Waals surface area contributed by atoms with E-state index in [0.717, 1.165) is 0 Å². The van der Waals surface area contributed by atoms with Gasteiger partial charge in [0.1, 0.15) is 0 Å². The van der Waals surface area contributed by atoms with E-state index in [4.69, 9.17) is 9.47 Å². The van der Waals surface area contributed by atoms with Crippen molar-refractivity contribution in [3.63, 3.8) is 0 Å². The summed E-state index contributed by atoms with van der Waals surface area (Å²) in [6, 6.07) is 13.1. The lowest BCUT2D eigenvalue weighted by atomic mass is 9.87. The number of anilines is 1. The minimum atomic E-state index is -0.146. The second-order valence-electron chi connectivity index (χ2n) is 6.81. The first kappa shape index (κ1) is 18.8. The number of carbonyl (C=O) groups is 1. The van der Waals surface area contributed by atoms with Crippen LogP contribution >= 0.6 is 0 Å². The van der Waals surface area contributed by atoms with E-state index in [0.29, 0.717) is 36.0 Å². The van der Waals surface area contributed by atoms with E-state index in [2.05, 4.69) is 26.1 Å². The van der Waals surface area contributed by atoms with Gasteiger partial charge in [-0.2, -0.15) is 0 Å². The molecular weight excluding hydrogens is 314 g/mol. The fourth-order valence-electron chi connectivity index (χ4n) is 2.45. The van der Waals surface area contributed by atoms with Crippen molar-refractivity contribution in [3.8, 4) is 11.5 Å². The Hall–Kier alpha value is -2.49. The number of nitrogens with one attached hydrogen (secondary N) is 1. The van der Waals surface area contributed by atoms with Crippen LogP contribution in [0.5, 0.6) is 11.5 Å². The number of hydrogen-bond donors (Lipinski definition) is 1. The molecule has 0 aliphatic heterocycles. The molecule has 0 aromatic heterocycles. The highest BCUT2D eigenvalue weighted by Crippen LogP contribution is 2.31. The molecule has 1 N–H and O–H groups in total. The summed E-state index contributed by atoms with van der Waals surface area (Å²) in [5.74, 6) is 1.16. The van der Waals surface area contributed by atoms with Crippen molar-refractivity contribution in [3.05, 3.63) is 53.6 Å². The minimum absolute atomic E-state index is 0.0660. The van der Waals surface area contributed by atoms with E-state index in [9.17, 15) is 4.79 Å². The molecule has 25 heavy (non-hydrogen) atoms. The molecule has 0 saturated heterocycles. The van der Waals surface area contributed by atoms with Gasteiger partial charge in [0.15, 0.2) is 11.5 Å². The van der Waals surface area contributed by atoms with E-state index in [1.165, 1.54) is 5.56 Å². The lowest BCUT2D eigenvalue weighted by Gasteiger charge is -2.19. The van der Waals surface area contributed by atoms with E-state index < -0.39 is 0 Å². The highest BCUT2D eigenvalue weighted by molar-refractivity contribution is 6.04. The van der Waals surface area contributed by atoms with Gasteiger partial charge in [-0.3, -0.25) is 4.79 Å². The molecule has 0 heterocycles. The first-order valence-corrected chi connectivity index (χ1v) is 8.66. The minimum Gasteiger partial charge on any atom is -0.490 e. The van der Waals surface area contributed by atoms with Gasteiger partial charge >= 0.3 is 0 Å². The molecule has 134 valence electrons. The Balaban J connectivity index is 2.15. The van der Waals surface area contributed by atoms with Crippen LogP contribution < -0.4 is 14.8 Å². The average Bonchev–Trinajstić information content (AvgIpc) is 2.57. The molecule has 0 atom stereocenters. The van der Waals surface area contributed by atoms with Crippen LogP contribution in [-0.4, -0.2) is 19.1 Å². The largest absolute Gasteiger partial charge is 0.490 e. The summed E-state index contributed by atoms with van der Waals surface area (Å²) in [6.45, 7) is 11.4. The van der Waals surface area contributed by atoms with Crippen LogP contribution in [0.15, 0.2) is 42.5 Å². The molecule has 0 aliphatic carbocycles. The Bertz CT molecular complexity index is 715. The molecule has 2 aromatic carbocycles. The molecule has 2 rings (SSSR count). The lowest BCUT2D eigenvalue weighted by molar-refractivity contribution is 0.102. The SMILES string of the molecule is CCOc1ccc(NC(=O)c2ccc(C(C)(C)C)cc2)cc1OCC. The number of amides is 1. The zero-order valence-electron chi connectivity index (χ0n) is 15.7. The highest BCUT2D eigenvalue weighted by Gasteiger charge is 2.15. The van der Waals surface area contributed by atoms with Crippen molar-refractivity contribution in [1.29, 1.82) is 0 Å². The molecule has 0 bridgehead atoms. The fraction of sp³-hybridized carbons (Fsp3) is 0.381. The zero-order chi connectivity index (χ0) is 18.4. The summed E-state index contributed by atoms with van der Waals surface area (Å²) in [4.78, 5) is 12.5. The maximum atomic E-state index is 12.5. The quantitative estimate of drug-likeness (QED) is 0.801. The summed E-state index contributed by atoms with van der Waals surface area (Å²) in [6.07, 6.45) is 0. The van der Waals surface area contributed by atoms with Gasteiger partial charge in [-0.1, -0.05) is 32.9 Å². The van der Waals surface area contributed by atoms with Gasteiger partial charge in [0.25, 0.3) is 5.91 Å². The van der Waals surface area contributed by atoms with Gasteiger partial charge < -0.3 is 14.8 Å². The third-order valence-electron chi connectivity index (χ3n) is 3.81. The first-order valence-electron chi connectivity index (χ1n) is 8.66. The highest BCUT2D eigenvalue weighted by atomic mass is 16.5. The lowest BCUT2D eigenvalue weighted by Crippen LogP contribution is -2.14. The Kier molecular flexibility index (Phi) is 6.07. The molecule has 0 radical (unpaired) electrons. The van der Waals surface area contributed by atoms with Gasteiger partial charge in [-0.05, 0) is 49.1 Å². The number of rotatable bonds is 6. The van der Waals surface area contributed by atoms with Crippen molar-refractivity contribution in [2.24, 2.45) is 0 Å². The van der Waals surface area contributed by atoms with Crippen LogP contribution in [0.2, 0.25) is 0 Å². The van der Waals surface area contributed by atoms with Crippen molar-refractivity contribution in [1.82, 2.24) is 0 Å². The maximum Gasteiger partial charge on any atom is 0.255 e. The Labute approximate surface area is 150 Å². The van der Waals surface area contributed by atoms with Crippen LogP contribution in [0.25, 0.3) is 0 Å². The van der Waals surface area contributed by atoms with Crippen molar-refractivity contribution in [2.45, 2.75) is 40.0 Å². The molecule has 0 unspecified atom stereocenters. The van der Waals surface area contributed by atoms with Crippen molar-refractivity contribution in [2.75, 3.05) is 18.5 Å². The number of ether oxygens (including phenoxy) is 2. The number of benzene rings is 2. The van der Waals surface area contributed by atoms with Crippen LogP contribution in [0, 0.1) is 0 Å². The summed E-state index contributed by atoms with van der Waals surface area (Å²) in [5.41, 5.74) is 2.57. The molecule has 0 fully saturated rings. The molecule has 1 amide bonds. The third-order valence-corrected chi connectivity index (χ3v) is 3.81. The summed E-state index contributed by atoms with van der Waals surface area (Å²) in [7, 11) is 0. The first-order chi connectivity index (χ1) is 11.8. The summed E-state index contributed by atoms with van der Waals surface area (Å²) >= 11 is 0. The number of hydrogen-bond acceptors (Lipinski definition) is 3. The fourth-order valence-corrected chi connectivity index (χ4v) is 2.45. The smallest absolute Gasteiger partial charge is 0.255 e. The van der Waals surface area contributed by atoms with Gasteiger partial charge in [-0.25, -0.2) is 0 Å². The molecule has 4 nitrogen and oxygen atoms in total. The van der Waals surface area contributed by atoms with Crippen LogP contribution in [-0.2, 0) is 5.41 Å². The van der Waals surface area contributed by atoms with Crippen LogP contribution in [0.4, 0.5) is 5.69 Å². The zero-order valence-corrected chi connectivity index (χ0v) is 15.7. The summed E-state index contributed by atoms with van der Waals surface area (Å²) < 4.78 is 11.1. The standard InChI is InChI=1S/C21H27NO3/c1-6-24-18-13-12-17(14-19(18)25-7-2)22-20(23)15-8-10-16(11-9-15)21(3,4)5/h8-14H,6-7H2,1-5H3,(H,22,23). The van der Waals surface area contributed by atoms with Crippen molar-refractivity contribution >= 4 is 11.6 Å². The van der Waals surface area contributed by atoms with Gasteiger partial charge in [0.05, 0.1) is 13.2 Å². The predicted molar refractivity (Wildman–Crippen MR) is 102 cm³/mol. The average molecular weight is 341 g/mol. The van der Waals surface area contributed by atoms with Gasteiger partial charge in [-0.15, -0.1) is 0 Å². The third kappa shape index (κ3) is 4.99. The van der Waals surface area contributed by atoms with E-state index >= 15 is 0 Å². The number of carbonyl (C=O) groups excluding carboxylic acids is 1. The normalized spacial score (nSPS) is 11.1. The van der Waals surface area contributed by atoms with E-state index in [1.54, 1.807) is 6.07 Å². The second-order valence-corrected chi connectivity index (χ2v) is 6.81. The maximum absolute atomic E-state index is 12.5. The summed E-state index contributed by atoms with van der Waals surface area (Å²) in [5, 5.41) is 2.91. The van der Waals surface area contributed by atoms with Gasteiger partial charge in [0.2, 0.25) is 0 Å². The van der Waals surface area contributed by atoms with Crippen LogP contribution in [0.1, 0.15) is 50.5 Å². The van der Waals surface area contributed by atoms with Gasteiger partial charge in [0, 0.05) is 17.3 Å². The Morgan fingerprint density at radius 2 is 1.52 bits per heavy atom. The Morgan fingerprint density at radius 1 is 0.920 bits per heavy atom. The second kappa shape index (κ2) is 8.06. The molecule has 0 aliphatic rings. The topological polar surface area (TPSA) is 47.6 Å².